The van der Waals surface area contributed by atoms with Crippen molar-refractivity contribution in [2.24, 2.45) is 4.99 Å². The highest BCUT2D eigenvalue weighted by Gasteiger charge is 2.30. The van der Waals surface area contributed by atoms with Crippen LogP contribution >= 0.6 is 24.0 Å². The molecule has 158 valence electrons. The van der Waals surface area contributed by atoms with Crippen molar-refractivity contribution in [2.45, 2.75) is 63.7 Å². The van der Waals surface area contributed by atoms with Crippen LogP contribution < -0.4 is 10.6 Å². The van der Waals surface area contributed by atoms with Crippen LogP contribution in [0.25, 0.3) is 0 Å². The second-order valence-corrected chi connectivity index (χ2v) is 8.27. The normalized spacial score (nSPS) is 22.3. The van der Waals surface area contributed by atoms with Gasteiger partial charge in [-0.25, -0.2) is 0 Å². The number of rotatable bonds is 7. The highest BCUT2D eigenvalue weighted by Crippen LogP contribution is 2.26. The van der Waals surface area contributed by atoms with Crippen molar-refractivity contribution >= 4 is 29.9 Å². The molecule has 1 aliphatic heterocycles. The zero-order valence-electron chi connectivity index (χ0n) is 17.7. The molecule has 1 aliphatic carbocycles. The summed E-state index contributed by atoms with van der Waals surface area (Å²) in [4.78, 5) is 9.52. The zero-order valence-corrected chi connectivity index (χ0v) is 20.1. The van der Waals surface area contributed by atoms with Crippen molar-refractivity contribution in [3.05, 3.63) is 35.9 Å². The molecule has 3 rings (SSSR count). The van der Waals surface area contributed by atoms with Gasteiger partial charge in [0.1, 0.15) is 0 Å². The SMILES string of the molecule is CN=C(NCC(C)N(C)Cc1ccccc1)NC1CCN(C2CCCC2)C1.I. The van der Waals surface area contributed by atoms with Gasteiger partial charge in [-0.05, 0) is 38.8 Å². The number of aliphatic imine (C=N–C) groups is 1. The summed E-state index contributed by atoms with van der Waals surface area (Å²) in [6.07, 6.45) is 6.84. The lowest BCUT2D eigenvalue weighted by molar-refractivity contribution is 0.241. The highest BCUT2D eigenvalue weighted by molar-refractivity contribution is 14.0. The number of likely N-dealkylation sites (tertiary alicyclic amines) is 1. The van der Waals surface area contributed by atoms with Crippen molar-refractivity contribution in [3.8, 4) is 0 Å². The maximum absolute atomic E-state index is 4.45. The van der Waals surface area contributed by atoms with E-state index in [0.29, 0.717) is 12.1 Å². The molecule has 1 aromatic rings. The average Bonchev–Trinajstić information content (AvgIpc) is 3.37. The lowest BCUT2D eigenvalue weighted by atomic mass is 10.2. The standard InChI is InChI=1S/C22H37N5.HI/c1-18(26(3)16-19-9-5-4-6-10-19)15-24-22(23-2)25-20-13-14-27(17-20)21-11-7-8-12-21;/h4-6,9-10,18,20-21H,7-8,11-17H2,1-3H3,(H2,23,24,25);1H. The number of hydrogen-bond donors (Lipinski definition) is 2. The number of likely N-dealkylation sites (N-methyl/N-ethyl adjacent to an activating group) is 1. The Hall–Kier alpha value is -0.860. The first kappa shape index (κ1) is 23.4. The van der Waals surface area contributed by atoms with Crippen molar-refractivity contribution in [3.63, 3.8) is 0 Å². The van der Waals surface area contributed by atoms with Crippen molar-refractivity contribution < 1.29 is 0 Å². The van der Waals surface area contributed by atoms with E-state index >= 15 is 0 Å². The molecule has 0 aromatic heterocycles. The van der Waals surface area contributed by atoms with Gasteiger partial charge >= 0.3 is 0 Å². The molecule has 28 heavy (non-hydrogen) atoms. The molecule has 1 aromatic carbocycles. The first-order valence-electron chi connectivity index (χ1n) is 10.6. The van der Waals surface area contributed by atoms with Crippen LogP contribution in [0.1, 0.15) is 44.6 Å². The Morgan fingerprint density at radius 2 is 1.93 bits per heavy atom. The van der Waals surface area contributed by atoms with E-state index in [0.717, 1.165) is 31.6 Å². The van der Waals surface area contributed by atoms with Gasteiger partial charge in [-0.1, -0.05) is 43.2 Å². The van der Waals surface area contributed by atoms with Crippen LogP contribution in [0, 0.1) is 0 Å². The van der Waals surface area contributed by atoms with Crippen LogP contribution in [0.3, 0.4) is 0 Å². The van der Waals surface area contributed by atoms with E-state index in [1.165, 1.54) is 44.2 Å². The summed E-state index contributed by atoms with van der Waals surface area (Å²) in [5, 5.41) is 7.17. The fourth-order valence-electron chi connectivity index (χ4n) is 4.32. The van der Waals surface area contributed by atoms with E-state index in [4.69, 9.17) is 0 Å². The molecule has 0 bridgehead atoms. The maximum atomic E-state index is 4.45. The van der Waals surface area contributed by atoms with Crippen molar-refractivity contribution in [1.29, 1.82) is 0 Å². The molecule has 5 nitrogen and oxygen atoms in total. The molecule has 2 unspecified atom stereocenters. The van der Waals surface area contributed by atoms with E-state index < -0.39 is 0 Å². The molecular weight excluding hydrogens is 461 g/mol. The Morgan fingerprint density at radius 3 is 2.61 bits per heavy atom. The summed E-state index contributed by atoms with van der Waals surface area (Å²) >= 11 is 0. The van der Waals surface area contributed by atoms with Crippen LogP contribution in [0.5, 0.6) is 0 Å². The second kappa shape index (κ2) is 12.0. The zero-order chi connectivity index (χ0) is 19.1. The summed E-state index contributed by atoms with van der Waals surface area (Å²) in [6, 6.07) is 12.4. The van der Waals surface area contributed by atoms with Gasteiger partial charge in [0.25, 0.3) is 0 Å². The number of nitrogens with zero attached hydrogens (tertiary/aromatic N) is 3. The van der Waals surface area contributed by atoms with E-state index in [1.54, 1.807) is 0 Å². The Morgan fingerprint density at radius 1 is 1.21 bits per heavy atom. The van der Waals surface area contributed by atoms with Gasteiger partial charge in [0, 0.05) is 51.4 Å². The van der Waals surface area contributed by atoms with Gasteiger partial charge in [0.15, 0.2) is 5.96 Å². The van der Waals surface area contributed by atoms with Crippen LogP contribution in [0.4, 0.5) is 0 Å². The van der Waals surface area contributed by atoms with Crippen LogP contribution in [-0.4, -0.2) is 67.6 Å². The molecule has 2 N–H and O–H groups in total. The van der Waals surface area contributed by atoms with Gasteiger partial charge < -0.3 is 10.6 Å². The summed E-state index contributed by atoms with van der Waals surface area (Å²) in [7, 11) is 4.06. The van der Waals surface area contributed by atoms with E-state index in [-0.39, 0.29) is 24.0 Å². The van der Waals surface area contributed by atoms with Crippen molar-refractivity contribution in [1.82, 2.24) is 20.4 Å². The molecule has 6 heteroatoms. The van der Waals surface area contributed by atoms with E-state index in [9.17, 15) is 0 Å². The van der Waals surface area contributed by atoms with Crippen LogP contribution in [-0.2, 0) is 6.54 Å². The highest BCUT2D eigenvalue weighted by atomic mass is 127. The Bertz CT molecular complexity index is 588. The van der Waals surface area contributed by atoms with Gasteiger partial charge in [-0.3, -0.25) is 14.8 Å². The van der Waals surface area contributed by atoms with Crippen LogP contribution in [0.15, 0.2) is 35.3 Å². The van der Waals surface area contributed by atoms with E-state index in [1.807, 2.05) is 7.05 Å². The number of hydrogen-bond acceptors (Lipinski definition) is 3. The first-order valence-corrected chi connectivity index (χ1v) is 10.6. The fourth-order valence-corrected chi connectivity index (χ4v) is 4.32. The Balaban J connectivity index is 0.00000280. The average molecular weight is 499 g/mol. The van der Waals surface area contributed by atoms with Gasteiger partial charge in [-0.15, -0.1) is 24.0 Å². The quantitative estimate of drug-likeness (QED) is 0.343. The van der Waals surface area contributed by atoms with Gasteiger partial charge in [-0.2, -0.15) is 0 Å². The van der Waals surface area contributed by atoms with Gasteiger partial charge in [0.05, 0.1) is 0 Å². The van der Waals surface area contributed by atoms with Gasteiger partial charge in [0.2, 0.25) is 0 Å². The molecule has 0 amide bonds. The Labute approximate surface area is 188 Å². The third-order valence-electron chi connectivity index (χ3n) is 6.22. The molecule has 0 radical (unpaired) electrons. The molecule has 1 saturated carbocycles. The number of halogens is 1. The minimum atomic E-state index is 0. The summed E-state index contributed by atoms with van der Waals surface area (Å²) in [5.74, 6) is 0.938. The molecule has 2 fully saturated rings. The fraction of sp³-hybridized carbons (Fsp3) is 0.682. The Kier molecular flexibility index (Phi) is 10.0. The summed E-state index contributed by atoms with van der Waals surface area (Å²) in [6.45, 7) is 6.52. The largest absolute Gasteiger partial charge is 0.355 e. The molecule has 2 aliphatic rings. The molecule has 1 saturated heterocycles. The molecule has 0 spiro atoms. The third kappa shape index (κ3) is 6.88. The number of nitrogens with one attached hydrogen (secondary N) is 2. The summed E-state index contributed by atoms with van der Waals surface area (Å²) in [5.41, 5.74) is 1.35. The number of benzene rings is 1. The molecule has 1 heterocycles. The minimum absolute atomic E-state index is 0. The monoisotopic (exact) mass is 499 g/mol. The third-order valence-corrected chi connectivity index (χ3v) is 6.22. The topological polar surface area (TPSA) is 42.9 Å². The van der Waals surface area contributed by atoms with Crippen molar-refractivity contribution in [2.75, 3.05) is 33.7 Å². The lowest BCUT2D eigenvalue weighted by Gasteiger charge is -2.27. The van der Waals surface area contributed by atoms with E-state index in [2.05, 4.69) is 69.7 Å². The molecule has 2 atom stereocenters. The lowest BCUT2D eigenvalue weighted by Crippen LogP contribution is -2.48. The smallest absolute Gasteiger partial charge is 0.191 e. The maximum Gasteiger partial charge on any atom is 0.191 e. The van der Waals surface area contributed by atoms with Crippen LogP contribution in [0.2, 0.25) is 0 Å². The second-order valence-electron chi connectivity index (χ2n) is 8.27. The number of guanidine groups is 1. The summed E-state index contributed by atoms with van der Waals surface area (Å²) < 4.78 is 0. The molecular formula is C22H38IN5. The predicted octanol–water partition coefficient (Wildman–Crippen LogP) is 3.31. The minimum Gasteiger partial charge on any atom is -0.355 e. The first-order chi connectivity index (χ1) is 13.2. The predicted molar refractivity (Wildman–Crippen MR) is 130 cm³/mol.